The van der Waals surface area contributed by atoms with Gasteiger partial charge < -0.3 is 9.47 Å². The highest BCUT2D eigenvalue weighted by molar-refractivity contribution is 5.89. The fourth-order valence-electron chi connectivity index (χ4n) is 3.01. The molecule has 1 heterocycles. The molecule has 1 saturated heterocycles. The summed E-state index contributed by atoms with van der Waals surface area (Å²) in [5, 5.41) is 0. The van der Waals surface area contributed by atoms with Crippen molar-refractivity contribution in [3.8, 4) is 0 Å². The molecule has 0 aliphatic carbocycles. The second kappa shape index (κ2) is 6.97. The van der Waals surface area contributed by atoms with Crippen molar-refractivity contribution >= 4 is 5.97 Å². The molecule has 2 aromatic carbocycles. The Balaban J connectivity index is 1.46. The second-order valence-corrected chi connectivity index (χ2v) is 6.14. The van der Waals surface area contributed by atoms with Crippen LogP contribution in [0.25, 0.3) is 0 Å². The monoisotopic (exact) mass is 310 g/mol. The predicted octanol–water partition coefficient (Wildman–Crippen LogP) is 3.87. The summed E-state index contributed by atoms with van der Waals surface area (Å²) in [6.45, 7) is 3.28. The number of ether oxygens (including phenoxy) is 2. The van der Waals surface area contributed by atoms with Crippen molar-refractivity contribution in [2.24, 2.45) is 0 Å². The number of carbonyl (C=O) groups excluding carboxylic acids is 1. The van der Waals surface area contributed by atoms with Gasteiger partial charge in [-0.15, -0.1) is 0 Å². The summed E-state index contributed by atoms with van der Waals surface area (Å²) < 4.78 is 11.1. The summed E-state index contributed by atoms with van der Waals surface area (Å²) >= 11 is 0. The molecule has 0 spiro atoms. The van der Waals surface area contributed by atoms with E-state index in [1.807, 2.05) is 55.5 Å². The van der Waals surface area contributed by atoms with Crippen LogP contribution in [-0.2, 0) is 26.3 Å². The number of cyclic esters (lactones) is 1. The highest BCUT2D eigenvalue weighted by atomic mass is 16.6. The van der Waals surface area contributed by atoms with Crippen molar-refractivity contribution < 1.29 is 14.3 Å². The Labute approximate surface area is 137 Å². The van der Waals surface area contributed by atoms with Gasteiger partial charge in [-0.1, -0.05) is 60.7 Å². The van der Waals surface area contributed by atoms with Crippen molar-refractivity contribution in [2.45, 2.75) is 37.9 Å². The van der Waals surface area contributed by atoms with Gasteiger partial charge in [0.05, 0.1) is 6.61 Å². The van der Waals surface area contributed by atoms with Crippen molar-refractivity contribution in [1.29, 1.82) is 0 Å². The molecule has 2 unspecified atom stereocenters. The molecule has 3 heteroatoms. The van der Waals surface area contributed by atoms with Crippen molar-refractivity contribution in [3.63, 3.8) is 0 Å². The maximum Gasteiger partial charge on any atom is 0.320 e. The molecule has 1 aliphatic heterocycles. The van der Waals surface area contributed by atoms with Gasteiger partial charge in [0.1, 0.15) is 11.5 Å². The third-order valence-electron chi connectivity index (χ3n) is 4.56. The first-order chi connectivity index (χ1) is 11.2. The van der Waals surface area contributed by atoms with Crippen LogP contribution in [0, 0.1) is 0 Å². The SMILES string of the molecule is CC1(c2ccccc2)C(=O)OC1CCCOCc1ccccc1. The van der Waals surface area contributed by atoms with E-state index in [2.05, 4.69) is 12.1 Å². The Morgan fingerprint density at radius 3 is 2.35 bits per heavy atom. The molecule has 2 aromatic rings. The summed E-state index contributed by atoms with van der Waals surface area (Å²) in [5.74, 6) is -0.126. The highest BCUT2D eigenvalue weighted by Crippen LogP contribution is 2.41. The minimum absolute atomic E-state index is 0.0577. The summed E-state index contributed by atoms with van der Waals surface area (Å²) in [6, 6.07) is 20.0. The Hall–Kier alpha value is -2.13. The molecule has 1 fully saturated rings. The summed E-state index contributed by atoms with van der Waals surface area (Å²) in [5.41, 5.74) is 1.70. The van der Waals surface area contributed by atoms with E-state index in [1.165, 1.54) is 5.56 Å². The van der Waals surface area contributed by atoms with Gasteiger partial charge >= 0.3 is 5.97 Å². The van der Waals surface area contributed by atoms with Crippen LogP contribution < -0.4 is 0 Å². The predicted molar refractivity (Wildman–Crippen MR) is 89.0 cm³/mol. The first-order valence-electron chi connectivity index (χ1n) is 8.09. The van der Waals surface area contributed by atoms with E-state index in [0.29, 0.717) is 13.2 Å². The van der Waals surface area contributed by atoms with Gasteiger partial charge in [0.2, 0.25) is 0 Å². The molecule has 0 aromatic heterocycles. The Bertz CT molecular complexity index is 638. The largest absolute Gasteiger partial charge is 0.460 e. The number of hydrogen-bond donors (Lipinski definition) is 0. The van der Waals surface area contributed by atoms with E-state index in [4.69, 9.17) is 9.47 Å². The molecule has 0 N–H and O–H groups in total. The maximum atomic E-state index is 12.0. The molecule has 0 bridgehead atoms. The summed E-state index contributed by atoms with van der Waals surface area (Å²) in [6.07, 6.45) is 1.65. The number of rotatable bonds is 7. The van der Waals surface area contributed by atoms with Crippen LogP contribution in [0.5, 0.6) is 0 Å². The second-order valence-electron chi connectivity index (χ2n) is 6.14. The standard InChI is InChI=1S/C20H22O3/c1-20(17-11-6-3-7-12-17)18(23-19(20)21)13-8-14-22-15-16-9-4-2-5-10-16/h2-7,9-12,18H,8,13-15H2,1H3. The topological polar surface area (TPSA) is 35.5 Å². The highest BCUT2D eigenvalue weighted by Gasteiger charge is 2.54. The number of carbonyl (C=O) groups is 1. The maximum absolute atomic E-state index is 12.0. The number of benzene rings is 2. The van der Waals surface area contributed by atoms with E-state index in [9.17, 15) is 4.79 Å². The molecule has 2 atom stereocenters. The van der Waals surface area contributed by atoms with Crippen LogP contribution in [0.2, 0.25) is 0 Å². The molecule has 120 valence electrons. The quantitative estimate of drug-likeness (QED) is 0.575. The van der Waals surface area contributed by atoms with Crippen LogP contribution >= 0.6 is 0 Å². The smallest absolute Gasteiger partial charge is 0.320 e. The zero-order chi connectivity index (χ0) is 16.1. The van der Waals surface area contributed by atoms with Gasteiger partial charge in [-0.25, -0.2) is 0 Å². The molecule has 0 saturated carbocycles. The summed E-state index contributed by atoms with van der Waals surface area (Å²) in [4.78, 5) is 12.0. The number of hydrogen-bond acceptors (Lipinski definition) is 3. The van der Waals surface area contributed by atoms with E-state index in [-0.39, 0.29) is 12.1 Å². The zero-order valence-corrected chi connectivity index (χ0v) is 13.4. The molecule has 3 rings (SSSR count). The third kappa shape index (κ3) is 3.30. The van der Waals surface area contributed by atoms with Crippen LogP contribution in [0.4, 0.5) is 0 Å². The van der Waals surface area contributed by atoms with Gasteiger partial charge in [0.15, 0.2) is 0 Å². The van der Waals surface area contributed by atoms with Crippen LogP contribution in [0.1, 0.15) is 30.9 Å². The first kappa shape index (κ1) is 15.8. The van der Waals surface area contributed by atoms with Gasteiger partial charge in [-0.2, -0.15) is 0 Å². The normalized spacial score (nSPS) is 23.2. The van der Waals surface area contributed by atoms with Crippen molar-refractivity contribution in [3.05, 3.63) is 71.8 Å². The fourth-order valence-corrected chi connectivity index (χ4v) is 3.01. The van der Waals surface area contributed by atoms with Crippen LogP contribution in [0.3, 0.4) is 0 Å². The third-order valence-corrected chi connectivity index (χ3v) is 4.56. The van der Waals surface area contributed by atoms with Crippen LogP contribution in [-0.4, -0.2) is 18.7 Å². The average molecular weight is 310 g/mol. The van der Waals surface area contributed by atoms with Gasteiger partial charge in [-0.3, -0.25) is 4.79 Å². The van der Waals surface area contributed by atoms with Gasteiger partial charge in [0.25, 0.3) is 0 Å². The summed E-state index contributed by atoms with van der Waals surface area (Å²) in [7, 11) is 0. The molecule has 23 heavy (non-hydrogen) atoms. The van der Waals surface area contributed by atoms with Crippen molar-refractivity contribution in [2.75, 3.05) is 6.61 Å². The van der Waals surface area contributed by atoms with Gasteiger partial charge in [0, 0.05) is 6.61 Å². The Kier molecular flexibility index (Phi) is 4.77. The van der Waals surface area contributed by atoms with Crippen molar-refractivity contribution in [1.82, 2.24) is 0 Å². The Morgan fingerprint density at radius 1 is 1.04 bits per heavy atom. The molecule has 3 nitrogen and oxygen atoms in total. The van der Waals surface area contributed by atoms with E-state index >= 15 is 0 Å². The molecular formula is C20H22O3. The van der Waals surface area contributed by atoms with E-state index in [0.717, 1.165) is 18.4 Å². The van der Waals surface area contributed by atoms with E-state index in [1.54, 1.807) is 0 Å². The lowest BCUT2D eigenvalue weighted by Crippen LogP contribution is -2.58. The Morgan fingerprint density at radius 2 is 1.70 bits per heavy atom. The first-order valence-corrected chi connectivity index (χ1v) is 8.09. The minimum Gasteiger partial charge on any atom is -0.460 e. The van der Waals surface area contributed by atoms with Gasteiger partial charge in [-0.05, 0) is 30.9 Å². The van der Waals surface area contributed by atoms with Crippen LogP contribution in [0.15, 0.2) is 60.7 Å². The zero-order valence-electron chi connectivity index (χ0n) is 13.4. The lowest BCUT2D eigenvalue weighted by Gasteiger charge is -2.45. The molecule has 0 radical (unpaired) electrons. The molecule has 0 amide bonds. The van der Waals surface area contributed by atoms with E-state index < -0.39 is 5.41 Å². The average Bonchev–Trinajstić information content (AvgIpc) is 2.61. The molecular weight excluding hydrogens is 288 g/mol. The lowest BCUT2D eigenvalue weighted by atomic mass is 9.72. The number of esters is 1. The fraction of sp³-hybridized carbons (Fsp3) is 0.350. The minimum atomic E-state index is -0.513. The lowest BCUT2D eigenvalue weighted by molar-refractivity contribution is -0.190. The molecule has 1 aliphatic rings.